The van der Waals surface area contributed by atoms with E-state index >= 15 is 0 Å². The molecular weight excluding hydrogens is 382 g/mol. The number of nitro groups is 1. The quantitative estimate of drug-likeness (QED) is 0.321. The summed E-state index contributed by atoms with van der Waals surface area (Å²) in [6.45, 7) is 10.4. The van der Waals surface area contributed by atoms with Gasteiger partial charge in [0.1, 0.15) is 5.69 Å². The monoisotopic (exact) mass is 407 g/mol. The van der Waals surface area contributed by atoms with Crippen LogP contribution < -0.4 is 10.1 Å². The summed E-state index contributed by atoms with van der Waals surface area (Å²) < 4.78 is 6.93. The predicted molar refractivity (Wildman–Crippen MR) is 119 cm³/mol. The number of methoxy groups -OCH3 is 1. The Bertz CT molecular complexity index is 1150. The normalized spacial score (nSPS) is 11.0. The number of carbonyl (C=O) groups is 1. The molecule has 0 aliphatic carbocycles. The van der Waals surface area contributed by atoms with Gasteiger partial charge in [0.25, 0.3) is 5.91 Å². The van der Waals surface area contributed by atoms with Crippen molar-refractivity contribution in [1.29, 1.82) is 0 Å². The Balaban J connectivity index is 2.07. The van der Waals surface area contributed by atoms with E-state index in [0.717, 1.165) is 16.5 Å². The van der Waals surface area contributed by atoms with Crippen LogP contribution in [0.3, 0.4) is 0 Å². The van der Waals surface area contributed by atoms with E-state index in [1.807, 2.05) is 17.6 Å². The third kappa shape index (κ3) is 3.78. The van der Waals surface area contributed by atoms with Crippen LogP contribution in [0.1, 0.15) is 41.4 Å². The topological polar surface area (TPSA) is 86.4 Å². The lowest BCUT2D eigenvalue weighted by atomic mass is 10.0. The lowest BCUT2D eigenvalue weighted by molar-refractivity contribution is -0.385. The predicted octanol–water partition coefficient (Wildman–Crippen LogP) is 5.43. The molecule has 7 heteroatoms. The summed E-state index contributed by atoms with van der Waals surface area (Å²) in [4.78, 5) is 23.9. The summed E-state index contributed by atoms with van der Waals surface area (Å²) in [7, 11) is 1.36. The molecule has 1 N–H and O–H groups in total. The number of benzene rings is 2. The highest BCUT2D eigenvalue weighted by Gasteiger charge is 2.22. The zero-order valence-corrected chi connectivity index (χ0v) is 17.6. The Labute approximate surface area is 175 Å². The first-order valence-corrected chi connectivity index (χ1v) is 9.65. The van der Waals surface area contributed by atoms with Gasteiger partial charge in [-0.2, -0.15) is 0 Å². The van der Waals surface area contributed by atoms with Gasteiger partial charge in [-0.15, -0.1) is 6.58 Å². The van der Waals surface area contributed by atoms with Crippen LogP contribution >= 0.6 is 0 Å². The molecule has 1 aromatic heterocycles. The second-order valence-corrected chi connectivity index (χ2v) is 7.40. The number of fused-ring (bicyclic) bond motifs is 1. The van der Waals surface area contributed by atoms with Crippen molar-refractivity contribution < 1.29 is 14.5 Å². The summed E-state index contributed by atoms with van der Waals surface area (Å²) in [5.41, 5.74) is 3.62. The molecule has 0 saturated carbocycles. The van der Waals surface area contributed by atoms with Gasteiger partial charge in [0.15, 0.2) is 5.75 Å². The first kappa shape index (κ1) is 21.1. The van der Waals surface area contributed by atoms with Gasteiger partial charge < -0.3 is 14.6 Å². The molecule has 2 aromatic carbocycles. The maximum atomic E-state index is 13.2. The van der Waals surface area contributed by atoms with Crippen molar-refractivity contribution in [2.75, 3.05) is 12.4 Å². The molecule has 7 nitrogen and oxygen atoms in total. The maximum Gasteiger partial charge on any atom is 0.312 e. The standard InChI is InChI=1S/C23H25N3O4/c1-6-11-25-19-9-7-16(14(2)3)12-18(19)15(4)22(25)23(27)24-17-8-10-21(30-5)20(13-17)26(28)29/h6-10,12-14H,1,11H2,2-5H3,(H,24,27). The number of allylic oxidation sites excluding steroid dienone is 1. The van der Waals surface area contributed by atoms with Crippen LogP contribution in [-0.4, -0.2) is 22.5 Å². The van der Waals surface area contributed by atoms with Crippen molar-refractivity contribution in [2.45, 2.75) is 33.2 Å². The molecule has 0 aliphatic heterocycles. The molecule has 3 rings (SSSR count). The highest BCUT2D eigenvalue weighted by Crippen LogP contribution is 2.32. The van der Waals surface area contributed by atoms with E-state index in [-0.39, 0.29) is 17.3 Å². The second-order valence-electron chi connectivity index (χ2n) is 7.40. The molecule has 3 aromatic rings. The molecule has 1 heterocycles. The molecule has 156 valence electrons. The minimum Gasteiger partial charge on any atom is -0.490 e. The van der Waals surface area contributed by atoms with Crippen LogP contribution in [0, 0.1) is 17.0 Å². The maximum absolute atomic E-state index is 13.2. The van der Waals surface area contributed by atoms with Crippen molar-refractivity contribution in [2.24, 2.45) is 0 Å². The van der Waals surface area contributed by atoms with Crippen molar-refractivity contribution in [1.82, 2.24) is 4.57 Å². The summed E-state index contributed by atoms with van der Waals surface area (Å²) >= 11 is 0. The molecule has 0 bridgehead atoms. The number of aromatic nitrogens is 1. The van der Waals surface area contributed by atoms with Crippen molar-refractivity contribution in [3.05, 3.63) is 76.0 Å². The highest BCUT2D eigenvalue weighted by atomic mass is 16.6. The molecular formula is C23H25N3O4. The number of nitrogens with one attached hydrogen (secondary N) is 1. The first-order chi connectivity index (χ1) is 14.3. The van der Waals surface area contributed by atoms with E-state index in [0.29, 0.717) is 23.8 Å². The number of ether oxygens (including phenoxy) is 1. The molecule has 0 atom stereocenters. The van der Waals surface area contributed by atoms with Gasteiger partial charge in [-0.1, -0.05) is 26.0 Å². The van der Waals surface area contributed by atoms with E-state index in [2.05, 4.69) is 37.9 Å². The van der Waals surface area contributed by atoms with Gasteiger partial charge in [-0.3, -0.25) is 14.9 Å². The third-order valence-corrected chi connectivity index (χ3v) is 5.17. The lowest BCUT2D eigenvalue weighted by Gasteiger charge is -2.11. The fraction of sp³-hybridized carbons (Fsp3) is 0.261. The minimum absolute atomic E-state index is 0.135. The van der Waals surface area contributed by atoms with Gasteiger partial charge in [0.05, 0.1) is 12.0 Å². The zero-order chi connectivity index (χ0) is 22.0. The van der Waals surface area contributed by atoms with Gasteiger partial charge in [0.2, 0.25) is 0 Å². The Morgan fingerprint density at radius 1 is 1.30 bits per heavy atom. The van der Waals surface area contributed by atoms with Crippen molar-refractivity contribution in [3.8, 4) is 5.75 Å². The van der Waals surface area contributed by atoms with Crippen LogP contribution in [0.2, 0.25) is 0 Å². The average molecular weight is 407 g/mol. The smallest absolute Gasteiger partial charge is 0.312 e. The minimum atomic E-state index is -0.540. The second kappa shape index (κ2) is 8.41. The van der Waals surface area contributed by atoms with E-state index < -0.39 is 4.92 Å². The number of anilines is 1. The molecule has 0 fully saturated rings. The Morgan fingerprint density at radius 2 is 2.03 bits per heavy atom. The number of hydrogen-bond donors (Lipinski definition) is 1. The van der Waals surface area contributed by atoms with E-state index in [4.69, 9.17) is 4.74 Å². The largest absolute Gasteiger partial charge is 0.490 e. The lowest BCUT2D eigenvalue weighted by Crippen LogP contribution is -2.18. The van der Waals surface area contributed by atoms with Crippen molar-refractivity contribution in [3.63, 3.8) is 0 Å². The Kier molecular flexibility index (Phi) is 5.91. The summed E-state index contributed by atoms with van der Waals surface area (Å²) in [6, 6.07) is 10.6. The van der Waals surface area contributed by atoms with Crippen LogP contribution in [-0.2, 0) is 6.54 Å². The number of hydrogen-bond acceptors (Lipinski definition) is 4. The molecule has 0 aliphatic rings. The number of amides is 1. The third-order valence-electron chi connectivity index (χ3n) is 5.17. The van der Waals surface area contributed by atoms with E-state index in [1.54, 1.807) is 12.1 Å². The number of nitrogens with zero attached hydrogens (tertiary/aromatic N) is 2. The number of rotatable bonds is 7. The fourth-order valence-electron chi connectivity index (χ4n) is 3.61. The summed E-state index contributed by atoms with van der Waals surface area (Å²) in [5, 5.41) is 15.1. The van der Waals surface area contributed by atoms with Gasteiger partial charge in [-0.05, 0) is 48.2 Å². The molecule has 30 heavy (non-hydrogen) atoms. The molecule has 0 saturated heterocycles. The van der Waals surface area contributed by atoms with E-state index in [1.165, 1.54) is 24.8 Å². The van der Waals surface area contributed by atoms with Crippen LogP contribution in [0.4, 0.5) is 11.4 Å². The molecule has 0 unspecified atom stereocenters. The van der Waals surface area contributed by atoms with Crippen LogP contribution in [0.15, 0.2) is 49.1 Å². The molecule has 0 spiro atoms. The van der Waals surface area contributed by atoms with Crippen LogP contribution in [0.5, 0.6) is 5.75 Å². The van der Waals surface area contributed by atoms with Crippen molar-refractivity contribution >= 4 is 28.2 Å². The summed E-state index contributed by atoms with van der Waals surface area (Å²) in [6.07, 6.45) is 1.74. The number of aryl methyl sites for hydroxylation is 1. The van der Waals surface area contributed by atoms with E-state index in [9.17, 15) is 14.9 Å². The first-order valence-electron chi connectivity index (χ1n) is 9.65. The van der Waals surface area contributed by atoms with Gasteiger partial charge >= 0.3 is 5.69 Å². The summed E-state index contributed by atoms with van der Waals surface area (Å²) in [5.74, 6) is 0.168. The van der Waals surface area contributed by atoms with Crippen LogP contribution in [0.25, 0.3) is 10.9 Å². The zero-order valence-electron chi connectivity index (χ0n) is 17.6. The number of carbonyl (C=O) groups excluding carboxylic acids is 1. The Hall–Kier alpha value is -3.61. The molecule has 0 radical (unpaired) electrons. The molecule has 1 amide bonds. The fourth-order valence-corrected chi connectivity index (χ4v) is 3.61. The highest BCUT2D eigenvalue weighted by molar-refractivity contribution is 6.08. The van der Waals surface area contributed by atoms with Gasteiger partial charge in [-0.25, -0.2) is 0 Å². The number of nitro benzene ring substituents is 1. The average Bonchev–Trinajstić information content (AvgIpc) is 2.99. The van der Waals surface area contributed by atoms with Gasteiger partial charge in [0, 0.05) is 29.2 Å². The SMILES string of the molecule is C=CCn1c(C(=O)Nc2ccc(OC)c([N+](=O)[O-])c2)c(C)c2cc(C(C)C)ccc21. The Morgan fingerprint density at radius 3 is 2.63 bits per heavy atom.